The van der Waals surface area contributed by atoms with Gasteiger partial charge in [-0.15, -0.1) is 12.3 Å². The van der Waals surface area contributed by atoms with Crippen LogP contribution in [0.15, 0.2) is 0 Å². The highest BCUT2D eigenvalue weighted by molar-refractivity contribution is 5.74. The fourth-order valence-electron chi connectivity index (χ4n) is 3.25. The number of urea groups is 1. The second-order valence-electron chi connectivity index (χ2n) is 5.64. The standard InChI is InChI=1S/C15H23N3O3/c1-2-3-8-16-15(21)17-10-6-12(7-11-17)18-9-4-5-13(18)14(19)20/h1,12-13H,3-11H2,(H,16,21)(H,19,20). The average molecular weight is 293 g/mol. The van der Waals surface area contributed by atoms with Crippen LogP contribution in [0.5, 0.6) is 0 Å². The number of hydrogen-bond acceptors (Lipinski definition) is 3. The Morgan fingerprint density at radius 3 is 2.57 bits per heavy atom. The molecule has 0 aliphatic carbocycles. The van der Waals surface area contributed by atoms with E-state index < -0.39 is 5.97 Å². The van der Waals surface area contributed by atoms with Gasteiger partial charge in [-0.3, -0.25) is 9.69 Å². The van der Waals surface area contributed by atoms with Crippen molar-refractivity contribution in [1.82, 2.24) is 15.1 Å². The van der Waals surface area contributed by atoms with Crippen LogP contribution >= 0.6 is 0 Å². The van der Waals surface area contributed by atoms with E-state index in [1.807, 2.05) is 0 Å². The van der Waals surface area contributed by atoms with Gasteiger partial charge in [0.15, 0.2) is 0 Å². The Hall–Kier alpha value is -1.74. The fourth-order valence-corrected chi connectivity index (χ4v) is 3.25. The van der Waals surface area contributed by atoms with Crippen LogP contribution in [-0.4, -0.2) is 65.2 Å². The Labute approximate surface area is 125 Å². The van der Waals surface area contributed by atoms with Crippen molar-refractivity contribution in [3.05, 3.63) is 0 Å². The molecule has 0 bridgehead atoms. The maximum Gasteiger partial charge on any atom is 0.320 e. The van der Waals surface area contributed by atoms with Gasteiger partial charge in [0.25, 0.3) is 0 Å². The average Bonchev–Trinajstić information content (AvgIpc) is 2.97. The summed E-state index contributed by atoms with van der Waals surface area (Å²) in [6.07, 6.45) is 9.05. The summed E-state index contributed by atoms with van der Waals surface area (Å²) in [5.41, 5.74) is 0. The van der Waals surface area contributed by atoms with E-state index in [1.165, 1.54) is 0 Å². The Balaban J connectivity index is 1.79. The Morgan fingerprint density at radius 1 is 1.24 bits per heavy atom. The SMILES string of the molecule is C#CCCNC(=O)N1CCC(N2CCCC2C(=O)O)CC1. The van der Waals surface area contributed by atoms with Crippen molar-refractivity contribution in [3.8, 4) is 12.3 Å². The summed E-state index contributed by atoms with van der Waals surface area (Å²) in [7, 11) is 0. The smallest absolute Gasteiger partial charge is 0.320 e. The van der Waals surface area contributed by atoms with E-state index in [2.05, 4.69) is 16.1 Å². The lowest BCUT2D eigenvalue weighted by atomic mass is 10.0. The van der Waals surface area contributed by atoms with Crippen LogP contribution in [0, 0.1) is 12.3 Å². The molecule has 1 atom stereocenters. The van der Waals surface area contributed by atoms with E-state index in [-0.39, 0.29) is 18.1 Å². The van der Waals surface area contributed by atoms with Gasteiger partial charge in [0.05, 0.1) is 0 Å². The zero-order valence-corrected chi connectivity index (χ0v) is 12.3. The number of rotatable bonds is 4. The molecule has 0 radical (unpaired) electrons. The molecule has 0 aromatic carbocycles. The molecule has 0 aromatic heterocycles. The first-order chi connectivity index (χ1) is 10.1. The number of nitrogens with one attached hydrogen (secondary N) is 1. The van der Waals surface area contributed by atoms with E-state index in [4.69, 9.17) is 6.42 Å². The van der Waals surface area contributed by atoms with Crippen LogP contribution in [0.4, 0.5) is 4.79 Å². The van der Waals surface area contributed by atoms with Crippen LogP contribution in [-0.2, 0) is 4.79 Å². The molecule has 6 heteroatoms. The quantitative estimate of drug-likeness (QED) is 0.592. The number of carbonyl (C=O) groups excluding carboxylic acids is 1. The third kappa shape index (κ3) is 3.88. The van der Waals surface area contributed by atoms with Crippen molar-refractivity contribution in [2.75, 3.05) is 26.2 Å². The van der Waals surface area contributed by atoms with E-state index in [0.717, 1.165) is 32.2 Å². The Kier molecular flexibility index (Phi) is 5.45. The molecule has 2 fully saturated rings. The summed E-state index contributed by atoms with van der Waals surface area (Å²) < 4.78 is 0. The second-order valence-corrected chi connectivity index (χ2v) is 5.64. The van der Waals surface area contributed by atoms with E-state index >= 15 is 0 Å². The molecule has 2 amide bonds. The predicted octanol–water partition coefficient (Wildman–Crippen LogP) is 0.733. The maximum atomic E-state index is 11.9. The summed E-state index contributed by atoms with van der Waals surface area (Å²) in [4.78, 5) is 27.1. The topological polar surface area (TPSA) is 72.9 Å². The monoisotopic (exact) mass is 293 g/mol. The number of carbonyl (C=O) groups is 2. The summed E-state index contributed by atoms with van der Waals surface area (Å²) in [6, 6.07) is -0.130. The molecule has 116 valence electrons. The lowest BCUT2D eigenvalue weighted by Crippen LogP contribution is -2.51. The minimum Gasteiger partial charge on any atom is -0.480 e. The first-order valence-corrected chi connectivity index (χ1v) is 7.58. The van der Waals surface area contributed by atoms with Gasteiger partial charge in [-0.25, -0.2) is 4.79 Å². The molecule has 1 unspecified atom stereocenters. The second kappa shape index (κ2) is 7.32. The van der Waals surface area contributed by atoms with Crippen molar-refractivity contribution in [3.63, 3.8) is 0 Å². The van der Waals surface area contributed by atoms with Crippen molar-refractivity contribution >= 4 is 12.0 Å². The Bertz CT molecular complexity index is 424. The predicted molar refractivity (Wildman–Crippen MR) is 78.8 cm³/mol. The summed E-state index contributed by atoms with van der Waals surface area (Å²) >= 11 is 0. The molecule has 2 heterocycles. The molecule has 0 saturated carbocycles. The van der Waals surface area contributed by atoms with Crippen LogP contribution in [0.1, 0.15) is 32.1 Å². The number of carboxylic acids is 1. The molecule has 2 aliphatic heterocycles. The molecular weight excluding hydrogens is 270 g/mol. The third-order valence-electron chi connectivity index (χ3n) is 4.35. The van der Waals surface area contributed by atoms with Crippen molar-refractivity contribution in [2.45, 2.75) is 44.2 Å². The zero-order valence-electron chi connectivity index (χ0n) is 12.3. The highest BCUT2D eigenvalue weighted by Gasteiger charge is 2.37. The number of piperidine rings is 1. The number of amides is 2. The van der Waals surface area contributed by atoms with E-state index in [9.17, 15) is 14.7 Å². The van der Waals surface area contributed by atoms with E-state index in [1.54, 1.807) is 4.90 Å². The lowest BCUT2D eigenvalue weighted by molar-refractivity contribution is -0.143. The fraction of sp³-hybridized carbons (Fsp3) is 0.733. The highest BCUT2D eigenvalue weighted by Crippen LogP contribution is 2.26. The minimum atomic E-state index is -0.720. The molecule has 2 N–H and O–H groups in total. The largest absolute Gasteiger partial charge is 0.480 e. The van der Waals surface area contributed by atoms with Gasteiger partial charge in [-0.2, -0.15) is 0 Å². The first kappa shape index (κ1) is 15.6. The minimum absolute atomic E-state index is 0.0695. The number of hydrogen-bond donors (Lipinski definition) is 2. The number of carboxylic acid groups (broad SMARTS) is 1. The van der Waals surface area contributed by atoms with Crippen molar-refractivity contribution in [2.24, 2.45) is 0 Å². The molecule has 2 aliphatic rings. The molecule has 6 nitrogen and oxygen atoms in total. The summed E-state index contributed by atoms with van der Waals surface area (Å²) in [5, 5.41) is 12.0. The number of aliphatic carboxylic acids is 1. The van der Waals surface area contributed by atoms with Gasteiger partial charge in [0.1, 0.15) is 6.04 Å². The van der Waals surface area contributed by atoms with Gasteiger partial charge in [0, 0.05) is 32.1 Å². The van der Waals surface area contributed by atoms with Gasteiger partial charge in [-0.05, 0) is 32.2 Å². The number of nitrogens with zero attached hydrogens (tertiary/aromatic N) is 2. The zero-order chi connectivity index (χ0) is 15.2. The maximum absolute atomic E-state index is 11.9. The van der Waals surface area contributed by atoms with Crippen molar-refractivity contribution < 1.29 is 14.7 Å². The number of terminal acetylenes is 1. The molecular formula is C15H23N3O3. The first-order valence-electron chi connectivity index (χ1n) is 7.58. The van der Waals surface area contributed by atoms with Gasteiger partial charge < -0.3 is 15.3 Å². The summed E-state index contributed by atoms with van der Waals surface area (Å²) in [6.45, 7) is 2.71. The van der Waals surface area contributed by atoms with Crippen LogP contribution < -0.4 is 5.32 Å². The molecule has 21 heavy (non-hydrogen) atoms. The van der Waals surface area contributed by atoms with Gasteiger partial charge in [0.2, 0.25) is 0 Å². The highest BCUT2D eigenvalue weighted by atomic mass is 16.4. The van der Waals surface area contributed by atoms with Gasteiger partial charge >= 0.3 is 12.0 Å². The molecule has 2 rings (SSSR count). The van der Waals surface area contributed by atoms with E-state index in [0.29, 0.717) is 26.1 Å². The van der Waals surface area contributed by atoms with Crippen LogP contribution in [0.25, 0.3) is 0 Å². The van der Waals surface area contributed by atoms with Crippen molar-refractivity contribution in [1.29, 1.82) is 0 Å². The number of likely N-dealkylation sites (tertiary alicyclic amines) is 2. The molecule has 0 aromatic rings. The molecule has 2 saturated heterocycles. The van der Waals surface area contributed by atoms with Crippen LogP contribution in [0.2, 0.25) is 0 Å². The third-order valence-corrected chi connectivity index (χ3v) is 4.35. The molecule has 0 spiro atoms. The normalized spacial score (nSPS) is 23.8. The summed E-state index contributed by atoms with van der Waals surface area (Å²) in [5.74, 6) is 1.77. The van der Waals surface area contributed by atoms with Crippen LogP contribution in [0.3, 0.4) is 0 Å². The lowest BCUT2D eigenvalue weighted by Gasteiger charge is -2.38. The Morgan fingerprint density at radius 2 is 1.95 bits per heavy atom. The van der Waals surface area contributed by atoms with Gasteiger partial charge in [-0.1, -0.05) is 0 Å².